The molecule has 1 aliphatic rings. The molecule has 2 N–H and O–H groups in total. The molecule has 2 heterocycles. The van der Waals surface area contributed by atoms with Gasteiger partial charge in [-0.2, -0.15) is 13.2 Å². The normalized spacial score (nSPS) is 16.8. The van der Waals surface area contributed by atoms with E-state index in [-0.39, 0.29) is 11.9 Å². The molecule has 0 aliphatic carbocycles. The monoisotopic (exact) mass is 412 g/mol. The Hall–Kier alpha value is -2.06. The molecule has 1 aromatic heterocycles. The van der Waals surface area contributed by atoms with Gasteiger partial charge in [0.15, 0.2) is 6.04 Å². The van der Waals surface area contributed by atoms with E-state index in [1.54, 1.807) is 17.4 Å². The number of nitrogens with one attached hydrogen (secondary N) is 2. The molecule has 1 atom stereocenters. The van der Waals surface area contributed by atoms with E-state index in [0.717, 1.165) is 30.5 Å². The van der Waals surface area contributed by atoms with Gasteiger partial charge >= 0.3 is 6.18 Å². The number of carbonyl (C=O) groups excluding carboxylic acids is 1. The Balaban J connectivity index is 1.48. The second-order valence-electron chi connectivity index (χ2n) is 7.04. The fourth-order valence-electron chi connectivity index (χ4n) is 3.47. The van der Waals surface area contributed by atoms with Gasteiger partial charge in [-0.1, -0.05) is 12.1 Å². The summed E-state index contributed by atoms with van der Waals surface area (Å²) in [5.74, 6) is 0.0269. The van der Waals surface area contributed by atoms with Gasteiger partial charge in [0.25, 0.3) is 5.91 Å². The number of quaternary nitrogens is 1. The molecule has 3 rings (SSSR count). The number of carbonyl (C=O) groups is 1. The Kier molecular flexibility index (Phi) is 6.61. The topological polar surface area (TPSA) is 36.8 Å². The van der Waals surface area contributed by atoms with Crippen molar-refractivity contribution in [2.45, 2.75) is 25.6 Å². The maximum absolute atomic E-state index is 12.9. The minimum Gasteiger partial charge on any atom is -0.360 e. The number of benzene rings is 1. The second kappa shape index (κ2) is 8.96. The van der Waals surface area contributed by atoms with Crippen molar-refractivity contribution < 1.29 is 22.9 Å². The van der Waals surface area contributed by atoms with Crippen molar-refractivity contribution >= 4 is 22.9 Å². The number of rotatable bonds is 6. The number of thiophene rings is 1. The van der Waals surface area contributed by atoms with E-state index in [0.29, 0.717) is 25.3 Å². The number of nitrogens with zero attached hydrogens (tertiary/aromatic N) is 1. The quantitative estimate of drug-likeness (QED) is 0.764. The predicted molar refractivity (Wildman–Crippen MR) is 105 cm³/mol. The van der Waals surface area contributed by atoms with E-state index in [1.165, 1.54) is 17.0 Å². The number of piperazine rings is 1. The molecule has 1 aliphatic heterocycles. The predicted octanol–water partition coefficient (Wildman–Crippen LogP) is 2.22. The van der Waals surface area contributed by atoms with Crippen LogP contribution in [0.25, 0.3) is 0 Å². The van der Waals surface area contributed by atoms with Crippen molar-refractivity contribution in [1.29, 1.82) is 0 Å². The van der Waals surface area contributed by atoms with E-state index < -0.39 is 11.7 Å². The zero-order valence-electron chi connectivity index (χ0n) is 15.8. The maximum atomic E-state index is 12.9. The molecule has 1 saturated heterocycles. The van der Waals surface area contributed by atoms with E-state index in [2.05, 4.69) is 11.4 Å². The minimum absolute atomic E-state index is 0.0269. The third-order valence-corrected chi connectivity index (χ3v) is 6.14. The lowest BCUT2D eigenvalue weighted by Gasteiger charge is -2.36. The minimum atomic E-state index is -4.33. The standard InChI is InChI=1S/C20H24F3N3OS/c1-15(19(27)24-8-7-18-6-3-13-28-18)25-9-11-26(12-10-25)17-5-2-4-16(14-17)20(21,22)23/h2-6,13-15H,7-12H2,1H3,(H,24,27)/p+1/t15-/m0/s1. The third kappa shape index (κ3) is 5.26. The first-order chi connectivity index (χ1) is 13.3. The number of hydrogen-bond acceptors (Lipinski definition) is 3. The molecule has 2 aromatic rings. The average molecular weight is 413 g/mol. The lowest BCUT2D eigenvalue weighted by Crippen LogP contribution is -3.19. The van der Waals surface area contributed by atoms with Gasteiger partial charge in [0, 0.05) is 17.1 Å². The lowest BCUT2D eigenvalue weighted by molar-refractivity contribution is -0.914. The van der Waals surface area contributed by atoms with Crippen molar-refractivity contribution in [3.05, 3.63) is 52.2 Å². The van der Waals surface area contributed by atoms with Crippen molar-refractivity contribution in [1.82, 2.24) is 5.32 Å². The summed E-state index contributed by atoms with van der Waals surface area (Å²) in [6.45, 7) is 5.22. The van der Waals surface area contributed by atoms with Crippen LogP contribution in [0, 0.1) is 0 Å². The maximum Gasteiger partial charge on any atom is 0.416 e. The summed E-state index contributed by atoms with van der Waals surface area (Å²) < 4.78 is 38.8. The molecule has 0 saturated carbocycles. The molecule has 8 heteroatoms. The summed E-state index contributed by atoms with van der Waals surface area (Å²) in [6.07, 6.45) is -3.51. The van der Waals surface area contributed by atoms with Crippen LogP contribution in [-0.2, 0) is 17.4 Å². The van der Waals surface area contributed by atoms with Gasteiger partial charge in [0.2, 0.25) is 0 Å². The fourth-order valence-corrected chi connectivity index (χ4v) is 4.18. The average Bonchev–Trinajstić information content (AvgIpc) is 3.20. The van der Waals surface area contributed by atoms with Crippen LogP contribution in [0.2, 0.25) is 0 Å². The van der Waals surface area contributed by atoms with Gasteiger partial charge in [-0.05, 0) is 43.0 Å². The van der Waals surface area contributed by atoms with Gasteiger partial charge in [-0.15, -0.1) is 11.3 Å². The van der Waals surface area contributed by atoms with Crippen LogP contribution < -0.4 is 15.1 Å². The van der Waals surface area contributed by atoms with E-state index in [1.807, 2.05) is 23.3 Å². The molecule has 4 nitrogen and oxygen atoms in total. The van der Waals surface area contributed by atoms with Crippen LogP contribution >= 0.6 is 11.3 Å². The van der Waals surface area contributed by atoms with Gasteiger partial charge in [0.1, 0.15) is 0 Å². The summed E-state index contributed by atoms with van der Waals surface area (Å²) in [4.78, 5) is 16.8. The molecule has 0 unspecified atom stereocenters. The Labute approximate surface area is 167 Å². The van der Waals surface area contributed by atoms with Gasteiger partial charge < -0.3 is 15.1 Å². The van der Waals surface area contributed by atoms with Gasteiger partial charge in [-0.3, -0.25) is 4.79 Å². The first kappa shape index (κ1) is 20.7. The zero-order valence-corrected chi connectivity index (χ0v) is 16.6. The molecule has 1 aromatic carbocycles. The van der Waals surface area contributed by atoms with E-state index >= 15 is 0 Å². The van der Waals surface area contributed by atoms with Gasteiger partial charge in [0.05, 0.1) is 31.7 Å². The molecule has 0 spiro atoms. The van der Waals surface area contributed by atoms with Crippen molar-refractivity contribution in [3.8, 4) is 0 Å². The Morgan fingerprint density at radius 3 is 2.64 bits per heavy atom. The summed E-state index contributed by atoms with van der Waals surface area (Å²) >= 11 is 1.68. The molecule has 0 bridgehead atoms. The number of halogens is 3. The SMILES string of the molecule is C[C@@H](C(=O)NCCc1cccs1)[NH+]1CCN(c2cccc(C(F)(F)F)c2)CC1. The highest BCUT2D eigenvalue weighted by Crippen LogP contribution is 2.31. The summed E-state index contributed by atoms with van der Waals surface area (Å²) in [5.41, 5.74) is -0.0415. The van der Waals surface area contributed by atoms with Gasteiger partial charge in [-0.25, -0.2) is 0 Å². The van der Waals surface area contributed by atoms with Crippen LogP contribution in [0.15, 0.2) is 41.8 Å². The molecular formula is C20H25F3N3OS+. The molecule has 0 radical (unpaired) electrons. The van der Waals surface area contributed by atoms with Crippen LogP contribution in [0.3, 0.4) is 0 Å². The molecule has 152 valence electrons. The molecule has 28 heavy (non-hydrogen) atoms. The number of anilines is 1. The Bertz CT molecular complexity index is 771. The smallest absolute Gasteiger partial charge is 0.360 e. The van der Waals surface area contributed by atoms with E-state index in [4.69, 9.17) is 0 Å². The van der Waals surface area contributed by atoms with Crippen LogP contribution in [0.1, 0.15) is 17.4 Å². The zero-order chi connectivity index (χ0) is 20.1. The largest absolute Gasteiger partial charge is 0.416 e. The van der Waals surface area contributed by atoms with Crippen molar-refractivity contribution in [2.24, 2.45) is 0 Å². The van der Waals surface area contributed by atoms with Crippen LogP contribution in [-0.4, -0.2) is 44.7 Å². The van der Waals surface area contributed by atoms with Crippen LogP contribution in [0.5, 0.6) is 0 Å². The highest BCUT2D eigenvalue weighted by Gasteiger charge is 2.32. The van der Waals surface area contributed by atoms with Crippen LogP contribution in [0.4, 0.5) is 18.9 Å². The molecule has 1 amide bonds. The highest BCUT2D eigenvalue weighted by atomic mass is 32.1. The second-order valence-corrected chi connectivity index (χ2v) is 8.07. The highest BCUT2D eigenvalue weighted by molar-refractivity contribution is 7.09. The number of alkyl halides is 3. The fraction of sp³-hybridized carbons (Fsp3) is 0.450. The number of hydrogen-bond donors (Lipinski definition) is 2. The van der Waals surface area contributed by atoms with Crippen molar-refractivity contribution in [2.75, 3.05) is 37.6 Å². The summed E-state index contributed by atoms with van der Waals surface area (Å²) in [6, 6.07) is 9.32. The number of amides is 1. The third-order valence-electron chi connectivity index (χ3n) is 5.20. The first-order valence-corrected chi connectivity index (χ1v) is 10.3. The van der Waals surface area contributed by atoms with Crippen molar-refractivity contribution in [3.63, 3.8) is 0 Å². The lowest BCUT2D eigenvalue weighted by atomic mass is 10.1. The molecular weight excluding hydrogens is 387 g/mol. The Morgan fingerprint density at radius 2 is 2.00 bits per heavy atom. The summed E-state index contributed by atoms with van der Waals surface area (Å²) in [5, 5.41) is 5.01. The molecule has 1 fully saturated rings. The van der Waals surface area contributed by atoms with E-state index in [9.17, 15) is 18.0 Å². The summed E-state index contributed by atoms with van der Waals surface area (Å²) in [7, 11) is 0. The first-order valence-electron chi connectivity index (χ1n) is 9.41. The Morgan fingerprint density at radius 1 is 1.25 bits per heavy atom.